The largest absolute Gasteiger partial charge is 0.357 e. The Kier molecular flexibility index (Phi) is 8.87. The van der Waals surface area contributed by atoms with Crippen LogP contribution in [0, 0.1) is 0 Å². The number of rotatable bonds is 7. The molecule has 1 aliphatic rings. The summed E-state index contributed by atoms with van der Waals surface area (Å²) in [5.41, 5.74) is 0. The van der Waals surface area contributed by atoms with Gasteiger partial charge in [0, 0.05) is 34.4 Å². The Morgan fingerprint density at radius 3 is 2.48 bits per heavy atom. The minimum absolute atomic E-state index is 0.0419. The molecular formula is C17H35N3O3S2. The Hall–Kier alpha value is -0.630. The molecular weight excluding hydrogens is 358 g/mol. The van der Waals surface area contributed by atoms with Gasteiger partial charge >= 0.3 is 0 Å². The lowest BCUT2D eigenvalue weighted by molar-refractivity contribution is 0.413. The molecule has 0 saturated heterocycles. The molecule has 25 heavy (non-hydrogen) atoms. The fourth-order valence-corrected chi connectivity index (χ4v) is 5.14. The summed E-state index contributed by atoms with van der Waals surface area (Å²) in [6, 6.07) is 0.242. The van der Waals surface area contributed by atoms with Gasteiger partial charge in [-0.2, -0.15) is 0 Å². The first-order chi connectivity index (χ1) is 11.6. The zero-order valence-electron chi connectivity index (χ0n) is 16.3. The van der Waals surface area contributed by atoms with E-state index in [1.807, 2.05) is 13.8 Å². The molecule has 0 aromatic carbocycles. The molecule has 6 nitrogen and oxygen atoms in total. The third-order valence-corrected chi connectivity index (χ3v) is 8.86. The number of nitrogens with zero attached hydrogens (tertiary/aromatic N) is 1. The maximum atomic E-state index is 12.2. The molecule has 0 amide bonds. The quantitative estimate of drug-likeness (QED) is 0.509. The van der Waals surface area contributed by atoms with E-state index in [4.69, 9.17) is 0 Å². The lowest BCUT2D eigenvalue weighted by Gasteiger charge is -2.30. The highest BCUT2D eigenvalue weighted by Crippen LogP contribution is 2.23. The van der Waals surface area contributed by atoms with Crippen molar-refractivity contribution >= 4 is 26.6 Å². The first-order valence-electron chi connectivity index (χ1n) is 9.25. The van der Waals surface area contributed by atoms with Crippen molar-refractivity contribution in [3.63, 3.8) is 0 Å². The van der Waals surface area contributed by atoms with Crippen molar-refractivity contribution in [2.24, 2.45) is 4.99 Å². The van der Waals surface area contributed by atoms with Crippen LogP contribution in [0.4, 0.5) is 0 Å². The van der Waals surface area contributed by atoms with Crippen molar-refractivity contribution < 1.29 is 12.6 Å². The monoisotopic (exact) mass is 393 g/mol. The van der Waals surface area contributed by atoms with Crippen LogP contribution >= 0.6 is 0 Å². The maximum absolute atomic E-state index is 12.2. The van der Waals surface area contributed by atoms with Crippen LogP contribution in [-0.4, -0.2) is 59.2 Å². The van der Waals surface area contributed by atoms with E-state index in [-0.39, 0.29) is 23.6 Å². The average Bonchev–Trinajstić information content (AvgIpc) is 2.53. The van der Waals surface area contributed by atoms with Gasteiger partial charge in [0.05, 0.1) is 17.0 Å². The summed E-state index contributed by atoms with van der Waals surface area (Å²) in [4.78, 5) is 4.44. The number of hydrogen-bond donors (Lipinski definition) is 2. The molecule has 148 valence electrons. The predicted molar refractivity (Wildman–Crippen MR) is 107 cm³/mol. The van der Waals surface area contributed by atoms with Crippen molar-refractivity contribution in [1.82, 2.24) is 10.6 Å². The molecule has 0 aromatic heterocycles. The third-order valence-electron chi connectivity index (χ3n) is 4.53. The van der Waals surface area contributed by atoms with Crippen LogP contribution in [0.3, 0.4) is 0 Å². The van der Waals surface area contributed by atoms with Crippen LogP contribution in [0.15, 0.2) is 4.99 Å². The lowest BCUT2D eigenvalue weighted by Crippen LogP contribution is -2.47. The molecule has 0 spiro atoms. The summed E-state index contributed by atoms with van der Waals surface area (Å²) >= 11 is 0. The summed E-state index contributed by atoms with van der Waals surface area (Å²) in [7, 11) is -3.93. The van der Waals surface area contributed by atoms with Gasteiger partial charge in [-0.3, -0.25) is 9.20 Å². The summed E-state index contributed by atoms with van der Waals surface area (Å²) in [5, 5.41) is 6.83. The number of nitrogens with one attached hydrogen (secondary N) is 2. The van der Waals surface area contributed by atoms with E-state index in [1.54, 1.807) is 20.8 Å². The third kappa shape index (κ3) is 7.25. The van der Waals surface area contributed by atoms with Gasteiger partial charge in [0.2, 0.25) is 0 Å². The highest BCUT2D eigenvalue weighted by Gasteiger charge is 2.28. The van der Waals surface area contributed by atoms with Crippen molar-refractivity contribution in [2.45, 2.75) is 76.3 Å². The van der Waals surface area contributed by atoms with Crippen LogP contribution < -0.4 is 10.6 Å². The highest BCUT2D eigenvalue weighted by atomic mass is 32.2. The van der Waals surface area contributed by atoms with E-state index in [9.17, 15) is 12.6 Å². The van der Waals surface area contributed by atoms with Crippen molar-refractivity contribution in [1.29, 1.82) is 0 Å². The number of aliphatic imine (C=N–C) groups is 1. The zero-order chi connectivity index (χ0) is 19.1. The van der Waals surface area contributed by atoms with Gasteiger partial charge < -0.3 is 10.6 Å². The molecule has 8 heteroatoms. The fourth-order valence-electron chi connectivity index (χ4n) is 2.85. The molecule has 0 radical (unpaired) electrons. The number of sulfone groups is 1. The van der Waals surface area contributed by atoms with Crippen LogP contribution in [-0.2, 0) is 20.6 Å². The van der Waals surface area contributed by atoms with Gasteiger partial charge in [-0.1, -0.05) is 13.3 Å². The van der Waals surface area contributed by atoms with E-state index in [0.29, 0.717) is 11.7 Å². The molecule has 1 fully saturated rings. The molecule has 2 N–H and O–H groups in total. The van der Waals surface area contributed by atoms with E-state index in [0.717, 1.165) is 32.2 Å². The topological polar surface area (TPSA) is 87.6 Å². The van der Waals surface area contributed by atoms with Crippen molar-refractivity contribution in [3.8, 4) is 0 Å². The van der Waals surface area contributed by atoms with Gasteiger partial charge in [0.1, 0.15) is 0 Å². The Balaban J connectivity index is 2.65. The number of guanidine groups is 1. The van der Waals surface area contributed by atoms with Crippen LogP contribution in [0.1, 0.15) is 60.3 Å². The SMILES string of the molecule is CCNC(=NCCS(=O)(=O)C(C)(C)C)NC1CCCC(S(=O)CC)C1. The van der Waals surface area contributed by atoms with Gasteiger partial charge in [-0.15, -0.1) is 0 Å². The van der Waals surface area contributed by atoms with Crippen LogP contribution in [0.25, 0.3) is 0 Å². The second kappa shape index (κ2) is 9.90. The Morgan fingerprint density at radius 2 is 1.92 bits per heavy atom. The highest BCUT2D eigenvalue weighted by molar-refractivity contribution is 7.92. The first kappa shape index (κ1) is 22.4. The standard InChI is InChI=1S/C17H35N3O3S2/c1-6-18-16(19-11-12-25(22,23)17(3,4)5)20-14-9-8-10-15(13-14)24(21)7-2/h14-15H,6-13H2,1-5H3,(H2,18,19,20). The smallest absolute Gasteiger partial charge is 0.191 e. The molecule has 0 bridgehead atoms. The minimum Gasteiger partial charge on any atom is -0.357 e. The summed E-state index contributed by atoms with van der Waals surface area (Å²) in [6.07, 6.45) is 4.00. The first-order valence-corrected chi connectivity index (χ1v) is 12.3. The van der Waals surface area contributed by atoms with Gasteiger partial charge in [0.25, 0.3) is 0 Å². The molecule has 3 unspecified atom stereocenters. The van der Waals surface area contributed by atoms with Gasteiger partial charge in [-0.05, 0) is 47.0 Å². The van der Waals surface area contributed by atoms with Gasteiger partial charge in [-0.25, -0.2) is 8.42 Å². The van der Waals surface area contributed by atoms with Gasteiger partial charge in [0.15, 0.2) is 15.8 Å². The lowest BCUT2D eigenvalue weighted by atomic mass is 9.95. The number of hydrogen-bond acceptors (Lipinski definition) is 4. The van der Waals surface area contributed by atoms with E-state index in [2.05, 4.69) is 15.6 Å². The average molecular weight is 394 g/mol. The second-order valence-electron chi connectivity index (χ2n) is 7.49. The van der Waals surface area contributed by atoms with E-state index >= 15 is 0 Å². The predicted octanol–water partition coefficient (Wildman–Crippen LogP) is 1.83. The molecule has 0 heterocycles. The van der Waals surface area contributed by atoms with Crippen LogP contribution in [0.5, 0.6) is 0 Å². The summed E-state index contributed by atoms with van der Waals surface area (Å²) in [5.74, 6) is 1.40. The molecule has 1 saturated carbocycles. The maximum Gasteiger partial charge on any atom is 0.191 e. The zero-order valence-corrected chi connectivity index (χ0v) is 17.9. The molecule has 3 atom stereocenters. The van der Waals surface area contributed by atoms with Crippen molar-refractivity contribution in [3.05, 3.63) is 0 Å². The normalized spacial score (nSPS) is 24.0. The molecule has 1 rings (SSSR count). The van der Waals surface area contributed by atoms with Crippen molar-refractivity contribution in [2.75, 3.05) is 24.6 Å². The van der Waals surface area contributed by atoms with E-state index in [1.165, 1.54) is 0 Å². The molecule has 1 aliphatic carbocycles. The summed E-state index contributed by atoms with van der Waals surface area (Å²) < 4.78 is 35.7. The summed E-state index contributed by atoms with van der Waals surface area (Å²) in [6.45, 7) is 10.1. The second-order valence-corrected chi connectivity index (χ2v) is 12.4. The minimum atomic E-state index is -3.17. The fraction of sp³-hybridized carbons (Fsp3) is 0.941. The molecule has 0 aromatic rings. The molecule has 0 aliphatic heterocycles. The Morgan fingerprint density at radius 1 is 1.24 bits per heavy atom. The Bertz CT molecular complexity index is 568. The van der Waals surface area contributed by atoms with E-state index < -0.39 is 25.4 Å². The van der Waals surface area contributed by atoms with Crippen LogP contribution in [0.2, 0.25) is 0 Å². The Labute approximate surface area is 156 Å².